The first-order chi connectivity index (χ1) is 11.6. The van der Waals surface area contributed by atoms with E-state index in [1.807, 2.05) is 6.07 Å². The van der Waals surface area contributed by atoms with Crippen molar-refractivity contribution >= 4 is 17.7 Å². The fourth-order valence-corrected chi connectivity index (χ4v) is 2.72. The molecular weight excluding hydrogens is 306 g/mol. The van der Waals surface area contributed by atoms with Crippen LogP contribution in [0.15, 0.2) is 42.0 Å². The number of nitro groups is 1. The van der Waals surface area contributed by atoms with Gasteiger partial charge in [-0.05, 0) is 31.1 Å². The number of carbonyl (C=O) groups is 1. The molecule has 24 heavy (non-hydrogen) atoms. The third-order valence-corrected chi connectivity index (χ3v) is 3.98. The predicted molar refractivity (Wildman–Crippen MR) is 90.8 cm³/mol. The van der Waals surface area contributed by atoms with Crippen molar-refractivity contribution in [2.45, 2.75) is 38.1 Å². The molecule has 2 rings (SSSR count). The fraction of sp³-hybridized carbons (Fsp3) is 0.333. The molecule has 1 N–H and O–H groups in total. The van der Waals surface area contributed by atoms with Crippen molar-refractivity contribution in [3.63, 3.8) is 0 Å². The van der Waals surface area contributed by atoms with Crippen LogP contribution < -0.4 is 5.32 Å². The lowest BCUT2D eigenvalue weighted by Gasteiger charge is -2.22. The Morgan fingerprint density at radius 2 is 2.00 bits per heavy atom. The zero-order valence-corrected chi connectivity index (χ0v) is 13.3. The molecule has 0 saturated heterocycles. The Bertz CT molecular complexity index is 710. The monoisotopic (exact) mass is 325 g/mol. The van der Waals surface area contributed by atoms with Crippen LogP contribution in [-0.4, -0.2) is 16.9 Å². The molecule has 124 valence electrons. The highest BCUT2D eigenvalue weighted by atomic mass is 16.6. The van der Waals surface area contributed by atoms with Gasteiger partial charge in [0.25, 0.3) is 11.6 Å². The number of amides is 1. The summed E-state index contributed by atoms with van der Waals surface area (Å²) in [4.78, 5) is 22.6. The van der Waals surface area contributed by atoms with E-state index in [0.29, 0.717) is 5.56 Å². The summed E-state index contributed by atoms with van der Waals surface area (Å²) in [5.41, 5.74) is 0.395. The van der Waals surface area contributed by atoms with Crippen LogP contribution in [0.2, 0.25) is 0 Å². The lowest BCUT2D eigenvalue weighted by molar-refractivity contribution is -0.385. The van der Waals surface area contributed by atoms with Crippen molar-refractivity contribution in [1.82, 2.24) is 5.32 Å². The third kappa shape index (κ3) is 4.78. The minimum absolute atomic E-state index is 0.00425. The zero-order valence-electron chi connectivity index (χ0n) is 13.3. The molecule has 1 aliphatic carbocycles. The normalized spacial score (nSPS) is 15.9. The smallest absolute Gasteiger partial charge is 0.276 e. The molecule has 0 radical (unpaired) electrons. The topological polar surface area (TPSA) is 96.0 Å². The van der Waals surface area contributed by atoms with Gasteiger partial charge in [0.05, 0.1) is 10.5 Å². The van der Waals surface area contributed by atoms with Gasteiger partial charge in [0.1, 0.15) is 11.6 Å². The summed E-state index contributed by atoms with van der Waals surface area (Å²) >= 11 is 0. The van der Waals surface area contributed by atoms with Crippen LogP contribution in [0.3, 0.4) is 0 Å². The summed E-state index contributed by atoms with van der Waals surface area (Å²) in [7, 11) is 0. The molecule has 1 saturated carbocycles. The zero-order chi connectivity index (χ0) is 17.4. The molecule has 0 atom stereocenters. The van der Waals surface area contributed by atoms with Crippen LogP contribution in [0.5, 0.6) is 0 Å². The van der Waals surface area contributed by atoms with Crippen molar-refractivity contribution < 1.29 is 9.72 Å². The Kier molecular flexibility index (Phi) is 6.26. The maximum Gasteiger partial charge on any atom is 0.276 e. The minimum Gasteiger partial charge on any atom is -0.349 e. The average Bonchev–Trinajstić information content (AvgIpc) is 2.59. The van der Waals surface area contributed by atoms with Gasteiger partial charge >= 0.3 is 0 Å². The Labute approximate surface area is 140 Å². The van der Waals surface area contributed by atoms with Gasteiger partial charge in [0, 0.05) is 12.1 Å². The number of nitro benzene ring substituents is 1. The van der Waals surface area contributed by atoms with E-state index < -0.39 is 10.8 Å². The van der Waals surface area contributed by atoms with Gasteiger partial charge in [-0.3, -0.25) is 14.9 Å². The van der Waals surface area contributed by atoms with Crippen molar-refractivity contribution in [1.29, 1.82) is 5.26 Å². The standard InChI is InChI=1S/C18H19N3O3/c19-13-15(18(22)20-16-10-2-1-3-11-16)9-6-8-14-7-4-5-12-17(14)21(23)24/h4-9,12,16H,1-3,10-11H2,(H,20,22)/b8-6+,15-9-. The number of hydrogen-bond donors (Lipinski definition) is 1. The number of nitrogens with zero attached hydrogens (tertiary/aromatic N) is 2. The van der Waals surface area contributed by atoms with E-state index in [-0.39, 0.29) is 17.3 Å². The van der Waals surface area contributed by atoms with E-state index in [9.17, 15) is 14.9 Å². The van der Waals surface area contributed by atoms with Gasteiger partial charge in [-0.15, -0.1) is 0 Å². The first-order valence-electron chi connectivity index (χ1n) is 7.94. The second-order valence-corrected chi connectivity index (χ2v) is 5.68. The predicted octanol–water partition coefficient (Wildman–Crippen LogP) is 3.51. The van der Waals surface area contributed by atoms with Gasteiger partial charge < -0.3 is 5.32 Å². The summed E-state index contributed by atoms with van der Waals surface area (Å²) in [6.45, 7) is 0. The molecule has 0 bridgehead atoms. The summed E-state index contributed by atoms with van der Waals surface area (Å²) in [5, 5.41) is 23.0. The quantitative estimate of drug-likeness (QED) is 0.294. The first-order valence-corrected chi connectivity index (χ1v) is 7.94. The number of allylic oxidation sites excluding steroid dienone is 2. The number of nitriles is 1. The molecule has 0 heterocycles. The molecular formula is C18H19N3O3. The maximum atomic E-state index is 12.1. The molecule has 1 amide bonds. The summed E-state index contributed by atoms with van der Waals surface area (Å²) in [6, 6.07) is 8.30. The Morgan fingerprint density at radius 3 is 2.67 bits per heavy atom. The van der Waals surface area contributed by atoms with Crippen molar-refractivity contribution in [2.75, 3.05) is 0 Å². The van der Waals surface area contributed by atoms with E-state index >= 15 is 0 Å². The molecule has 0 spiro atoms. The SMILES string of the molecule is N#C/C(=C/C=C/c1ccccc1[N+](=O)[O-])C(=O)NC1CCCCC1. The van der Waals surface area contributed by atoms with Gasteiger partial charge in [-0.25, -0.2) is 0 Å². The highest BCUT2D eigenvalue weighted by molar-refractivity contribution is 5.97. The molecule has 6 nitrogen and oxygen atoms in total. The Morgan fingerprint density at radius 1 is 1.29 bits per heavy atom. The number of nitrogens with one attached hydrogen (secondary N) is 1. The number of carbonyl (C=O) groups excluding carboxylic acids is 1. The molecule has 1 aliphatic rings. The molecule has 0 aliphatic heterocycles. The van der Waals surface area contributed by atoms with Gasteiger partial charge in [-0.2, -0.15) is 5.26 Å². The number of benzene rings is 1. The van der Waals surface area contributed by atoms with E-state index in [1.54, 1.807) is 18.2 Å². The van der Waals surface area contributed by atoms with Crippen LogP contribution in [-0.2, 0) is 4.79 Å². The number of rotatable bonds is 5. The van der Waals surface area contributed by atoms with E-state index in [2.05, 4.69) is 5.32 Å². The lowest BCUT2D eigenvalue weighted by atomic mass is 9.95. The molecule has 1 aromatic carbocycles. The van der Waals surface area contributed by atoms with Gasteiger partial charge in [0.2, 0.25) is 0 Å². The lowest BCUT2D eigenvalue weighted by Crippen LogP contribution is -2.36. The second kappa shape index (κ2) is 8.63. The maximum absolute atomic E-state index is 12.1. The second-order valence-electron chi connectivity index (χ2n) is 5.68. The number of hydrogen-bond acceptors (Lipinski definition) is 4. The largest absolute Gasteiger partial charge is 0.349 e. The highest BCUT2D eigenvalue weighted by Gasteiger charge is 2.17. The summed E-state index contributed by atoms with van der Waals surface area (Å²) in [5.74, 6) is -0.392. The summed E-state index contributed by atoms with van der Waals surface area (Å²) < 4.78 is 0. The molecule has 6 heteroatoms. The van der Waals surface area contributed by atoms with E-state index in [1.165, 1.54) is 30.7 Å². The first kappa shape index (κ1) is 17.4. The average molecular weight is 325 g/mol. The van der Waals surface area contributed by atoms with Gasteiger partial charge in [-0.1, -0.05) is 37.5 Å². The van der Waals surface area contributed by atoms with Crippen molar-refractivity contribution in [3.8, 4) is 6.07 Å². The molecule has 0 aromatic heterocycles. The van der Waals surface area contributed by atoms with E-state index in [4.69, 9.17) is 5.26 Å². The summed E-state index contributed by atoms with van der Waals surface area (Å²) in [6.07, 6.45) is 9.64. The molecule has 1 aromatic rings. The highest BCUT2D eigenvalue weighted by Crippen LogP contribution is 2.19. The van der Waals surface area contributed by atoms with Crippen LogP contribution >= 0.6 is 0 Å². The third-order valence-electron chi connectivity index (χ3n) is 3.98. The van der Waals surface area contributed by atoms with Gasteiger partial charge in [0.15, 0.2) is 0 Å². The molecule has 1 fully saturated rings. The number of para-hydroxylation sites is 1. The van der Waals surface area contributed by atoms with Crippen molar-refractivity contribution in [2.24, 2.45) is 0 Å². The minimum atomic E-state index is -0.468. The van der Waals surface area contributed by atoms with E-state index in [0.717, 1.165) is 25.7 Å². The van der Waals surface area contributed by atoms with Crippen molar-refractivity contribution in [3.05, 3.63) is 57.7 Å². The van der Waals surface area contributed by atoms with Crippen LogP contribution in [0.1, 0.15) is 37.7 Å². The molecule has 0 unspecified atom stereocenters. The Balaban J connectivity index is 2.06. The van der Waals surface area contributed by atoms with Crippen LogP contribution in [0.4, 0.5) is 5.69 Å². The fourth-order valence-electron chi connectivity index (χ4n) is 2.72. The van der Waals surface area contributed by atoms with Crippen LogP contribution in [0.25, 0.3) is 6.08 Å². The Hall–Kier alpha value is -2.94. The van der Waals surface area contributed by atoms with Crippen LogP contribution in [0, 0.1) is 21.4 Å².